The summed E-state index contributed by atoms with van der Waals surface area (Å²) in [5, 5.41) is 3.56. The van der Waals surface area contributed by atoms with Gasteiger partial charge < -0.3 is 11.1 Å². The fourth-order valence-corrected chi connectivity index (χ4v) is 1.87. The molecule has 0 aliphatic carbocycles. The number of unbranched alkanes of at least 4 members (excludes halogenated alkanes) is 3. The van der Waals surface area contributed by atoms with Crippen molar-refractivity contribution in [2.75, 3.05) is 6.54 Å². The molecule has 2 heteroatoms. The molecule has 1 atom stereocenters. The molecule has 0 fully saturated rings. The van der Waals surface area contributed by atoms with Crippen LogP contribution in [0.4, 0.5) is 0 Å². The van der Waals surface area contributed by atoms with Crippen LogP contribution in [0.2, 0.25) is 0 Å². The van der Waals surface area contributed by atoms with E-state index in [0.717, 1.165) is 6.54 Å². The third-order valence-corrected chi connectivity index (χ3v) is 2.67. The van der Waals surface area contributed by atoms with Gasteiger partial charge in [0.25, 0.3) is 0 Å². The molecule has 0 radical (unpaired) electrons. The fourth-order valence-electron chi connectivity index (χ4n) is 1.87. The highest BCUT2D eigenvalue weighted by atomic mass is 15.0. The minimum absolute atomic E-state index is 0.141. The van der Waals surface area contributed by atoms with Crippen molar-refractivity contribution in [3.05, 3.63) is 0 Å². The second-order valence-electron chi connectivity index (χ2n) is 4.87. The first-order chi connectivity index (χ1) is 6.54. The van der Waals surface area contributed by atoms with Crippen molar-refractivity contribution in [3.63, 3.8) is 0 Å². The van der Waals surface area contributed by atoms with Crippen LogP contribution in [0.1, 0.15) is 59.8 Å². The first-order valence-corrected chi connectivity index (χ1v) is 6.02. The molecule has 0 aliphatic rings. The summed E-state index contributed by atoms with van der Waals surface area (Å²) in [6.45, 7) is 9.57. The quantitative estimate of drug-likeness (QED) is 0.591. The minimum atomic E-state index is 0.141. The topological polar surface area (TPSA) is 38.0 Å². The van der Waals surface area contributed by atoms with E-state index in [2.05, 4.69) is 33.0 Å². The van der Waals surface area contributed by atoms with Gasteiger partial charge in [-0.15, -0.1) is 0 Å². The van der Waals surface area contributed by atoms with Crippen molar-refractivity contribution in [1.82, 2.24) is 5.32 Å². The molecule has 0 rings (SSSR count). The van der Waals surface area contributed by atoms with Crippen LogP contribution >= 0.6 is 0 Å². The summed E-state index contributed by atoms with van der Waals surface area (Å²) in [6.07, 6.45) is 6.48. The third kappa shape index (κ3) is 6.39. The van der Waals surface area contributed by atoms with Gasteiger partial charge in [-0.3, -0.25) is 0 Å². The summed E-state index contributed by atoms with van der Waals surface area (Å²) in [6, 6.07) is 0.523. The maximum atomic E-state index is 5.81. The Morgan fingerprint density at radius 3 is 2.29 bits per heavy atom. The molecule has 0 spiro atoms. The third-order valence-electron chi connectivity index (χ3n) is 2.67. The highest BCUT2D eigenvalue weighted by Gasteiger charge is 2.21. The summed E-state index contributed by atoms with van der Waals surface area (Å²) in [7, 11) is 0. The van der Waals surface area contributed by atoms with E-state index in [1.807, 2.05) is 0 Å². The van der Waals surface area contributed by atoms with Gasteiger partial charge >= 0.3 is 0 Å². The SMILES string of the molecule is CCCCCCC(C)(CN)NC(C)C. The Bertz CT molecular complexity index is 134. The second-order valence-corrected chi connectivity index (χ2v) is 4.87. The van der Waals surface area contributed by atoms with Gasteiger partial charge in [0.2, 0.25) is 0 Å². The van der Waals surface area contributed by atoms with Crippen LogP contribution in [0.25, 0.3) is 0 Å². The normalized spacial score (nSPS) is 15.9. The van der Waals surface area contributed by atoms with Gasteiger partial charge in [0.15, 0.2) is 0 Å². The van der Waals surface area contributed by atoms with E-state index in [9.17, 15) is 0 Å². The lowest BCUT2D eigenvalue weighted by Crippen LogP contribution is -2.51. The second kappa shape index (κ2) is 7.24. The molecule has 3 N–H and O–H groups in total. The van der Waals surface area contributed by atoms with E-state index in [-0.39, 0.29) is 5.54 Å². The van der Waals surface area contributed by atoms with Gasteiger partial charge in [-0.2, -0.15) is 0 Å². The van der Waals surface area contributed by atoms with Crippen LogP contribution in [-0.2, 0) is 0 Å². The summed E-state index contributed by atoms with van der Waals surface area (Å²) in [4.78, 5) is 0. The zero-order valence-electron chi connectivity index (χ0n) is 10.4. The molecule has 0 aromatic heterocycles. The molecule has 0 amide bonds. The lowest BCUT2D eigenvalue weighted by atomic mass is 9.93. The Kier molecular flexibility index (Phi) is 7.20. The zero-order chi connectivity index (χ0) is 11.0. The molecule has 0 saturated heterocycles. The smallest absolute Gasteiger partial charge is 0.0277 e. The van der Waals surface area contributed by atoms with E-state index >= 15 is 0 Å². The van der Waals surface area contributed by atoms with Crippen LogP contribution in [0.5, 0.6) is 0 Å². The molecule has 0 saturated carbocycles. The monoisotopic (exact) mass is 200 g/mol. The van der Waals surface area contributed by atoms with Gasteiger partial charge in [-0.25, -0.2) is 0 Å². The minimum Gasteiger partial charge on any atom is -0.329 e. The predicted octanol–water partition coefficient (Wildman–Crippen LogP) is 2.67. The number of nitrogens with two attached hydrogens (primary N) is 1. The van der Waals surface area contributed by atoms with E-state index in [1.54, 1.807) is 0 Å². The molecule has 14 heavy (non-hydrogen) atoms. The lowest BCUT2D eigenvalue weighted by molar-refractivity contribution is 0.302. The van der Waals surface area contributed by atoms with E-state index in [1.165, 1.54) is 32.1 Å². The fraction of sp³-hybridized carbons (Fsp3) is 1.00. The molecule has 0 heterocycles. The first kappa shape index (κ1) is 13.9. The van der Waals surface area contributed by atoms with Crippen LogP contribution in [-0.4, -0.2) is 18.1 Å². The predicted molar refractivity (Wildman–Crippen MR) is 64.5 cm³/mol. The van der Waals surface area contributed by atoms with E-state index < -0.39 is 0 Å². The van der Waals surface area contributed by atoms with Crippen LogP contribution < -0.4 is 11.1 Å². The van der Waals surface area contributed by atoms with Crippen molar-refractivity contribution < 1.29 is 0 Å². The molecule has 0 aromatic carbocycles. The first-order valence-electron chi connectivity index (χ1n) is 6.02. The Labute approximate surface area is 89.6 Å². The maximum Gasteiger partial charge on any atom is 0.0277 e. The van der Waals surface area contributed by atoms with Crippen molar-refractivity contribution in [1.29, 1.82) is 0 Å². The van der Waals surface area contributed by atoms with Crippen molar-refractivity contribution in [3.8, 4) is 0 Å². The van der Waals surface area contributed by atoms with Gasteiger partial charge in [0, 0.05) is 18.1 Å². The molecule has 0 bridgehead atoms. The standard InChI is InChI=1S/C12H28N2/c1-5-6-7-8-9-12(4,10-13)14-11(2)3/h11,14H,5-10,13H2,1-4H3. The molecular weight excluding hydrogens is 172 g/mol. The zero-order valence-corrected chi connectivity index (χ0v) is 10.4. The Balaban J connectivity index is 3.75. The Morgan fingerprint density at radius 1 is 1.21 bits per heavy atom. The largest absolute Gasteiger partial charge is 0.329 e. The van der Waals surface area contributed by atoms with E-state index in [0.29, 0.717) is 6.04 Å². The van der Waals surface area contributed by atoms with Crippen molar-refractivity contribution in [2.45, 2.75) is 71.4 Å². The van der Waals surface area contributed by atoms with E-state index in [4.69, 9.17) is 5.73 Å². The summed E-state index contributed by atoms with van der Waals surface area (Å²) in [5.74, 6) is 0. The Morgan fingerprint density at radius 2 is 1.86 bits per heavy atom. The molecule has 0 aliphatic heterocycles. The van der Waals surface area contributed by atoms with Crippen LogP contribution in [0, 0.1) is 0 Å². The summed E-state index contributed by atoms with van der Waals surface area (Å²) in [5.41, 5.74) is 5.95. The van der Waals surface area contributed by atoms with Gasteiger partial charge in [0.05, 0.1) is 0 Å². The number of nitrogens with one attached hydrogen (secondary N) is 1. The lowest BCUT2D eigenvalue weighted by Gasteiger charge is -2.32. The number of hydrogen-bond acceptors (Lipinski definition) is 2. The highest BCUT2D eigenvalue weighted by molar-refractivity contribution is 4.85. The molecule has 1 unspecified atom stereocenters. The van der Waals surface area contributed by atoms with Gasteiger partial charge in [-0.1, -0.05) is 46.5 Å². The van der Waals surface area contributed by atoms with Crippen LogP contribution in [0.3, 0.4) is 0 Å². The van der Waals surface area contributed by atoms with Crippen LogP contribution in [0.15, 0.2) is 0 Å². The summed E-state index contributed by atoms with van der Waals surface area (Å²) < 4.78 is 0. The average Bonchev–Trinajstić information content (AvgIpc) is 2.11. The number of rotatable bonds is 8. The number of hydrogen-bond donors (Lipinski definition) is 2. The average molecular weight is 200 g/mol. The summed E-state index contributed by atoms with van der Waals surface area (Å²) >= 11 is 0. The molecule has 2 nitrogen and oxygen atoms in total. The Hall–Kier alpha value is -0.0800. The molecular formula is C12H28N2. The van der Waals surface area contributed by atoms with Crippen molar-refractivity contribution >= 4 is 0 Å². The van der Waals surface area contributed by atoms with Crippen molar-refractivity contribution in [2.24, 2.45) is 5.73 Å². The maximum absolute atomic E-state index is 5.81. The highest BCUT2D eigenvalue weighted by Crippen LogP contribution is 2.14. The molecule has 86 valence electrons. The van der Waals surface area contributed by atoms with Gasteiger partial charge in [-0.05, 0) is 13.3 Å². The molecule has 0 aromatic rings. The van der Waals surface area contributed by atoms with Gasteiger partial charge in [0.1, 0.15) is 0 Å².